The maximum atomic E-state index is 13.6. The minimum absolute atomic E-state index is 0.0318. The third kappa shape index (κ3) is 3.37. The third-order valence-corrected chi connectivity index (χ3v) is 4.89. The summed E-state index contributed by atoms with van der Waals surface area (Å²) in [5.74, 6) is -0.350. The quantitative estimate of drug-likeness (QED) is 0.850. The molecule has 0 spiro atoms. The van der Waals surface area contributed by atoms with Crippen LogP contribution in [0.1, 0.15) is 42.5 Å². The predicted molar refractivity (Wildman–Crippen MR) is 87.4 cm³/mol. The molecule has 2 aliphatic heterocycles. The topological polar surface area (TPSA) is 49.9 Å². The van der Waals surface area contributed by atoms with Crippen LogP contribution >= 0.6 is 0 Å². The van der Waals surface area contributed by atoms with Gasteiger partial charge in [-0.3, -0.25) is 9.59 Å². The normalized spacial score (nSPS) is 21.2. The van der Waals surface area contributed by atoms with Gasteiger partial charge in [-0.1, -0.05) is 0 Å². The fourth-order valence-electron chi connectivity index (χ4n) is 3.57. The molecule has 5 nitrogen and oxygen atoms in total. The van der Waals surface area contributed by atoms with Gasteiger partial charge in [-0.05, 0) is 43.9 Å². The van der Waals surface area contributed by atoms with E-state index in [4.69, 9.17) is 4.74 Å². The summed E-state index contributed by atoms with van der Waals surface area (Å²) in [6.07, 6.45) is 4.41. The van der Waals surface area contributed by atoms with E-state index in [1.165, 1.54) is 25.3 Å². The summed E-state index contributed by atoms with van der Waals surface area (Å²) in [7, 11) is 1.38. The molecule has 1 aromatic carbocycles. The highest BCUT2D eigenvalue weighted by Crippen LogP contribution is 2.25. The number of halogens is 1. The second kappa shape index (κ2) is 7.20. The SMILES string of the molecule is COc1cc(C(=O)N2CCCC[C@@H]2CN2CCCC2=O)ccc1F. The molecule has 1 aromatic rings. The summed E-state index contributed by atoms with van der Waals surface area (Å²) in [6.45, 7) is 2.05. The Labute approximate surface area is 141 Å². The summed E-state index contributed by atoms with van der Waals surface area (Å²) in [5, 5.41) is 0. The second-order valence-corrected chi connectivity index (χ2v) is 6.44. The van der Waals surface area contributed by atoms with Crippen LogP contribution < -0.4 is 4.74 Å². The number of carbonyl (C=O) groups excluding carboxylic acids is 2. The highest BCUT2D eigenvalue weighted by atomic mass is 19.1. The van der Waals surface area contributed by atoms with E-state index < -0.39 is 5.82 Å². The van der Waals surface area contributed by atoms with E-state index in [2.05, 4.69) is 0 Å². The molecule has 2 aliphatic rings. The number of carbonyl (C=O) groups is 2. The van der Waals surface area contributed by atoms with Gasteiger partial charge in [0.05, 0.1) is 7.11 Å². The first-order valence-corrected chi connectivity index (χ1v) is 8.52. The summed E-state index contributed by atoms with van der Waals surface area (Å²) >= 11 is 0. The van der Waals surface area contributed by atoms with Crippen molar-refractivity contribution in [3.05, 3.63) is 29.6 Å². The zero-order valence-corrected chi connectivity index (χ0v) is 14.0. The van der Waals surface area contributed by atoms with E-state index >= 15 is 0 Å². The first-order valence-electron chi connectivity index (χ1n) is 8.52. The highest BCUT2D eigenvalue weighted by molar-refractivity contribution is 5.95. The molecule has 0 N–H and O–H groups in total. The van der Waals surface area contributed by atoms with E-state index in [0.717, 1.165) is 32.2 Å². The summed E-state index contributed by atoms with van der Waals surface area (Å²) in [6, 6.07) is 4.23. The Hall–Kier alpha value is -2.11. The summed E-state index contributed by atoms with van der Waals surface area (Å²) in [5.41, 5.74) is 0.424. The Kier molecular flexibility index (Phi) is 5.02. The van der Waals surface area contributed by atoms with Gasteiger partial charge in [-0.25, -0.2) is 4.39 Å². The van der Waals surface area contributed by atoms with Crippen molar-refractivity contribution in [1.29, 1.82) is 0 Å². The van der Waals surface area contributed by atoms with Crippen LogP contribution in [0.25, 0.3) is 0 Å². The van der Waals surface area contributed by atoms with Crippen molar-refractivity contribution in [2.75, 3.05) is 26.7 Å². The van der Waals surface area contributed by atoms with Crippen LogP contribution in [0, 0.1) is 5.82 Å². The number of rotatable bonds is 4. The van der Waals surface area contributed by atoms with Gasteiger partial charge in [-0.2, -0.15) is 0 Å². The van der Waals surface area contributed by atoms with Crippen LogP contribution in [0.5, 0.6) is 5.75 Å². The average molecular weight is 334 g/mol. The van der Waals surface area contributed by atoms with Crippen LogP contribution in [0.15, 0.2) is 18.2 Å². The third-order valence-electron chi connectivity index (χ3n) is 4.89. The molecule has 130 valence electrons. The highest BCUT2D eigenvalue weighted by Gasteiger charge is 2.31. The monoisotopic (exact) mass is 334 g/mol. The van der Waals surface area contributed by atoms with Gasteiger partial charge in [0.15, 0.2) is 11.6 Å². The first kappa shape index (κ1) is 16.7. The van der Waals surface area contributed by atoms with E-state index in [9.17, 15) is 14.0 Å². The van der Waals surface area contributed by atoms with Gasteiger partial charge in [0, 0.05) is 37.7 Å². The molecule has 2 fully saturated rings. The van der Waals surface area contributed by atoms with Crippen LogP contribution in [0.4, 0.5) is 4.39 Å². The average Bonchev–Trinajstić information content (AvgIpc) is 3.00. The number of ether oxygens (including phenoxy) is 1. The number of hydrogen-bond acceptors (Lipinski definition) is 3. The number of likely N-dealkylation sites (tertiary alicyclic amines) is 2. The van der Waals surface area contributed by atoms with Gasteiger partial charge in [-0.15, -0.1) is 0 Å². The Balaban J connectivity index is 1.76. The molecule has 24 heavy (non-hydrogen) atoms. The Morgan fingerprint density at radius 2 is 2.12 bits per heavy atom. The molecule has 0 radical (unpaired) electrons. The van der Waals surface area contributed by atoms with Crippen molar-refractivity contribution in [2.24, 2.45) is 0 Å². The van der Waals surface area contributed by atoms with Crippen molar-refractivity contribution < 1.29 is 18.7 Å². The van der Waals surface area contributed by atoms with Crippen molar-refractivity contribution in [3.63, 3.8) is 0 Å². The van der Waals surface area contributed by atoms with Gasteiger partial charge >= 0.3 is 0 Å². The van der Waals surface area contributed by atoms with Crippen LogP contribution in [-0.2, 0) is 4.79 Å². The standard InChI is InChI=1S/C18H23FN2O3/c1-24-16-11-13(7-8-15(16)19)18(23)21-10-3-2-5-14(21)12-20-9-4-6-17(20)22/h7-8,11,14H,2-6,9-10,12H2,1H3/t14-/m1/s1. The number of hydrogen-bond donors (Lipinski definition) is 0. The molecule has 6 heteroatoms. The molecule has 0 saturated carbocycles. The zero-order chi connectivity index (χ0) is 17.1. The number of piperidine rings is 1. The molecule has 0 unspecified atom stereocenters. The molecule has 2 saturated heterocycles. The number of benzene rings is 1. The Morgan fingerprint density at radius 1 is 1.29 bits per heavy atom. The van der Waals surface area contributed by atoms with Gasteiger partial charge < -0.3 is 14.5 Å². The van der Waals surface area contributed by atoms with E-state index in [-0.39, 0.29) is 23.6 Å². The molecular formula is C18H23FN2O3. The number of nitrogens with zero attached hydrogens (tertiary/aromatic N) is 2. The number of amides is 2. The van der Waals surface area contributed by atoms with Crippen molar-refractivity contribution in [2.45, 2.75) is 38.1 Å². The molecule has 2 heterocycles. The lowest BCUT2D eigenvalue weighted by atomic mass is 10.00. The Morgan fingerprint density at radius 3 is 2.83 bits per heavy atom. The lowest BCUT2D eigenvalue weighted by Gasteiger charge is -2.38. The van der Waals surface area contributed by atoms with Crippen molar-refractivity contribution in [3.8, 4) is 5.75 Å². The van der Waals surface area contributed by atoms with Crippen LogP contribution in [0.2, 0.25) is 0 Å². The number of methoxy groups -OCH3 is 1. The van der Waals surface area contributed by atoms with Crippen molar-refractivity contribution >= 4 is 11.8 Å². The maximum absolute atomic E-state index is 13.6. The molecule has 0 bridgehead atoms. The minimum atomic E-state index is -0.480. The summed E-state index contributed by atoms with van der Waals surface area (Å²) < 4.78 is 18.5. The minimum Gasteiger partial charge on any atom is -0.494 e. The predicted octanol–water partition coefficient (Wildman–Crippen LogP) is 2.45. The molecule has 3 rings (SSSR count). The Bertz CT molecular complexity index is 635. The second-order valence-electron chi connectivity index (χ2n) is 6.44. The summed E-state index contributed by atoms with van der Waals surface area (Å²) in [4.78, 5) is 28.5. The molecule has 0 aliphatic carbocycles. The zero-order valence-electron chi connectivity index (χ0n) is 14.0. The molecular weight excluding hydrogens is 311 g/mol. The largest absolute Gasteiger partial charge is 0.494 e. The van der Waals surface area contributed by atoms with Crippen molar-refractivity contribution in [1.82, 2.24) is 9.80 Å². The van der Waals surface area contributed by atoms with Crippen LogP contribution in [-0.4, -0.2) is 54.4 Å². The first-order chi connectivity index (χ1) is 11.6. The smallest absolute Gasteiger partial charge is 0.254 e. The van der Waals surface area contributed by atoms with Gasteiger partial charge in [0.2, 0.25) is 5.91 Å². The fourth-order valence-corrected chi connectivity index (χ4v) is 3.57. The van der Waals surface area contributed by atoms with Gasteiger partial charge in [0.25, 0.3) is 5.91 Å². The maximum Gasteiger partial charge on any atom is 0.254 e. The molecule has 2 amide bonds. The lowest BCUT2D eigenvalue weighted by molar-refractivity contribution is -0.128. The van der Waals surface area contributed by atoms with E-state index in [0.29, 0.717) is 25.1 Å². The lowest BCUT2D eigenvalue weighted by Crippen LogP contribution is -2.49. The fraction of sp³-hybridized carbons (Fsp3) is 0.556. The molecule has 1 atom stereocenters. The molecule has 0 aromatic heterocycles. The van der Waals surface area contributed by atoms with E-state index in [1.54, 1.807) is 0 Å². The van der Waals surface area contributed by atoms with Crippen LogP contribution in [0.3, 0.4) is 0 Å². The van der Waals surface area contributed by atoms with E-state index in [1.807, 2.05) is 9.80 Å². The van der Waals surface area contributed by atoms with Gasteiger partial charge in [0.1, 0.15) is 0 Å².